The van der Waals surface area contributed by atoms with Gasteiger partial charge in [0.25, 0.3) is 5.91 Å². The number of amides is 2. The van der Waals surface area contributed by atoms with Crippen molar-refractivity contribution in [3.63, 3.8) is 0 Å². The molecule has 2 atom stereocenters. The highest BCUT2D eigenvalue weighted by molar-refractivity contribution is 8.00. The molecule has 0 radical (unpaired) electrons. The van der Waals surface area contributed by atoms with Gasteiger partial charge in [-0.15, -0.1) is 35.1 Å². The second-order valence-electron chi connectivity index (χ2n) is 6.61. The normalized spacial score (nSPS) is 20.2. The van der Waals surface area contributed by atoms with Crippen molar-refractivity contribution in [2.24, 2.45) is 0 Å². The molecule has 0 saturated carbocycles. The van der Waals surface area contributed by atoms with Crippen molar-refractivity contribution in [2.45, 2.75) is 16.3 Å². The van der Waals surface area contributed by atoms with Crippen LogP contribution in [0.5, 0.6) is 0 Å². The predicted octanol–water partition coefficient (Wildman–Crippen LogP) is 3.16. The first kappa shape index (κ1) is 24.8. The van der Waals surface area contributed by atoms with Gasteiger partial charge in [0.15, 0.2) is 0 Å². The molecule has 1 aromatic carbocycles. The number of rotatable bonds is 8. The number of fused-ring (bicyclic) bond motifs is 1. The van der Waals surface area contributed by atoms with Crippen LogP contribution < -0.4 is 5.32 Å². The minimum atomic E-state index is -1.23. The fourth-order valence-corrected chi connectivity index (χ4v) is 6.16. The standard InChI is InChI=1S/C19H15Cl3N2O6S2/c20-5-9-6-32-18-15(17(28)24(18)16(9)19(29)30)23-13(25)7-31-12-4-10(21)8(3-11(12)22)1-2-14(26)27/h1-4,15,18H,5-7H2,(H,23,25)(H,26,27)(H,29,30)/b2-1+. The summed E-state index contributed by atoms with van der Waals surface area (Å²) in [5.74, 6) is -2.98. The largest absolute Gasteiger partial charge is 0.478 e. The number of alkyl halides is 1. The summed E-state index contributed by atoms with van der Waals surface area (Å²) in [5, 5.41) is 20.8. The molecule has 2 aliphatic heterocycles. The molecular weight excluding hydrogens is 523 g/mol. The van der Waals surface area contributed by atoms with Crippen molar-refractivity contribution in [3.05, 3.63) is 45.1 Å². The van der Waals surface area contributed by atoms with Crippen LogP contribution >= 0.6 is 58.3 Å². The summed E-state index contributed by atoms with van der Waals surface area (Å²) < 4.78 is 0. The van der Waals surface area contributed by atoms with Gasteiger partial charge in [-0.2, -0.15) is 0 Å². The van der Waals surface area contributed by atoms with Gasteiger partial charge in [0, 0.05) is 27.6 Å². The van der Waals surface area contributed by atoms with Crippen LogP contribution in [0.25, 0.3) is 6.08 Å². The van der Waals surface area contributed by atoms with Crippen molar-refractivity contribution in [3.8, 4) is 0 Å². The van der Waals surface area contributed by atoms with Crippen LogP contribution in [0.4, 0.5) is 0 Å². The van der Waals surface area contributed by atoms with Gasteiger partial charge in [0.2, 0.25) is 5.91 Å². The summed E-state index contributed by atoms with van der Waals surface area (Å²) in [6.07, 6.45) is 2.24. The van der Waals surface area contributed by atoms with Gasteiger partial charge >= 0.3 is 11.9 Å². The van der Waals surface area contributed by atoms with Gasteiger partial charge in [-0.25, -0.2) is 9.59 Å². The van der Waals surface area contributed by atoms with Crippen molar-refractivity contribution < 1.29 is 29.4 Å². The Morgan fingerprint density at radius 1 is 1.25 bits per heavy atom. The number of β-lactam (4-membered cyclic amide) rings is 1. The maximum atomic E-state index is 12.5. The molecule has 3 rings (SSSR count). The van der Waals surface area contributed by atoms with Crippen LogP contribution in [0.15, 0.2) is 34.4 Å². The molecule has 1 aromatic rings. The molecule has 1 saturated heterocycles. The lowest BCUT2D eigenvalue weighted by molar-refractivity contribution is -0.150. The maximum Gasteiger partial charge on any atom is 0.352 e. The number of nitrogens with zero attached hydrogens (tertiary/aromatic N) is 1. The number of carbonyl (C=O) groups excluding carboxylic acids is 2. The molecule has 0 aromatic heterocycles. The van der Waals surface area contributed by atoms with E-state index in [0.29, 0.717) is 21.8 Å². The van der Waals surface area contributed by atoms with Gasteiger partial charge < -0.3 is 15.5 Å². The van der Waals surface area contributed by atoms with E-state index in [4.69, 9.17) is 39.9 Å². The van der Waals surface area contributed by atoms with Crippen LogP contribution in [-0.4, -0.2) is 67.7 Å². The molecule has 2 unspecified atom stereocenters. The Labute approximate surface area is 205 Å². The molecule has 0 bridgehead atoms. The first-order valence-corrected chi connectivity index (χ1v) is 12.2. The number of halogens is 3. The van der Waals surface area contributed by atoms with Gasteiger partial charge in [-0.3, -0.25) is 14.5 Å². The Kier molecular flexibility index (Phi) is 8.05. The summed E-state index contributed by atoms with van der Waals surface area (Å²) in [4.78, 5) is 48.7. The summed E-state index contributed by atoms with van der Waals surface area (Å²) in [6.45, 7) is 0. The SMILES string of the molecule is O=C(O)/C=C/c1cc(Cl)c(SCC(=O)NC2C(=O)N3C(C(=O)O)=C(CCl)CSC23)cc1Cl. The van der Waals surface area contributed by atoms with Crippen molar-refractivity contribution in [1.29, 1.82) is 0 Å². The van der Waals surface area contributed by atoms with Crippen LogP contribution in [0.1, 0.15) is 5.56 Å². The highest BCUT2D eigenvalue weighted by Crippen LogP contribution is 2.40. The topological polar surface area (TPSA) is 124 Å². The molecule has 13 heteroatoms. The van der Waals surface area contributed by atoms with E-state index >= 15 is 0 Å². The summed E-state index contributed by atoms with van der Waals surface area (Å²) >= 11 is 20.6. The van der Waals surface area contributed by atoms with E-state index in [2.05, 4.69) is 5.32 Å². The van der Waals surface area contributed by atoms with Crippen LogP contribution in [-0.2, 0) is 19.2 Å². The lowest BCUT2D eigenvalue weighted by Crippen LogP contribution is -2.70. The third-order valence-corrected chi connectivity index (χ3v) is 8.01. The molecule has 170 valence electrons. The second kappa shape index (κ2) is 10.4. The average Bonchev–Trinajstić information content (AvgIpc) is 2.75. The van der Waals surface area contributed by atoms with Crippen LogP contribution in [0, 0.1) is 0 Å². The van der Waals surface area contributed by atoms with E-state index in [1.165, 1.54) is 30.0 Å². The average molecular weight is 538 g/mol. The fraction of sp³-hybridized carbons (Fsp3) is 0.263. The fourth-order valence-electron chi connectivity index (χ4n) is 3.09. The molecule has 2 amide bonds. The molecule has 0 aliphatic carbocycles. The van der Waals surface area contributed by atoms with E-state index in [1.807, 2.05) is 0 Å². The van der Waals surface area contributed by atoms with E-state index in [-0.39, 0.29) is 27.4 Å². The zero-order valence-electron chi connectivity index (χ0n) is 16.0. The zero-order valence-corrected chi connectivity index (χ0v) is 19.9. The monoisotopic (exact) mass is 536 g/mol. The molecule has 1 fully saturated rings. The third kappa shape index (κ3) is 5.20. The van der Waals surface area contributed by atoms with E-state index in [1.54, 1.807) is 0 Å². The molecule has 8 nitrogen and oxygen atoms in total. The molecule has 2 aliphatic rings. The zero-order chi connectivity index (χ0) is 23.6. The molecular formula is C19H15Cl3N2O6S2. The molecule has 3 N–H and O–H groups in total. The highest BCUT2D eigenvalue weighted by Gasteiger charge is 2.54. The number of hydrogen-bond donors (Lipinski definition) is 3. The Hall–Kier alpha value is -1.85. The van der Waals surface area contributed by atoms with Crippen LogP contribution in [0.3, 0.4) is 0 Å². The van der Waals surface area contributed by atoms with Crippen molar-refractivity contribution >= 4 is 88.2 Å². The number of carbonyl (C=O) groups is 4. The maximum absolute atomic E-state index is 12.5. The number of carboxylic acid groups (broad SMARTS) is 2. The number of nitrogens with one attached hydrogen (secondary N) is 1. The number of aliphatic carboxylic acids is 2. The predicted molar refractivity (Wildman–Crippen MR) is 124 cm³/mol. The molecule has 0 spiro atoms. The number of carboxylic acids is 2. The smallest absolute Gasteiger partial charge is 0.352 e. The molecule has 32 heavy (non-hydrogen) atoms. The van der Waals surface area contributed by atoms with Gasteiger partial charge in [0.1, 0.15) is 17.1 Å². The second-order valence-corrected chi connectivity index (χ2v) is 9.81. The number of hydrogen-bond acceptors (Lipinski definition) is 6. The molecule has 2 heterocycles. The van der Waals surface area contributed by atoms with Gasteiger partial charge in [-0.1, -0.05) is 23.2 Å². The number of benzene rings is 1. The van der Waals surface area contributed by atoms with Gasteiger partial charge in [-0.05, 0) is 29.3 Å². The van der Waals surface area contributed by atoms with Crippen molar-refractivity contribution in [2.75, 3.05) is 17.4 Å². The lowest BCUT2D eigenvalue weighted by Gasteiger charge is -2.49. The Bertz CT molecular complexity index is 1060. The quantitative estimate of drug-likeness (QED) is 0.200. The lowest BCUT2D eigenvalue weighted by atomic mass is 10.0. The van der Waals surface area contributed by atoms with E-state index in [9.17, 15) is 24.3 Å². The van der Waals surface area contributed by atoms with E-state index in [0.717, 1.165) is 22.7 Å². The third-order valence-electron chi connectivity index (χ3n) is 4.54. The number of thioether (sulfide) groups is 2. The summed E-state index contributed by atoms with van der Waals surface area (Å²) in [5.41, 5.74) is 0.760. The summed E-state index contributed by atoms with van der Waals surface area (Å²) in [7, 11) is 0. The first-order valence-electron chi connectivity index (χ1n) is 8.92. The van der Waals surface area contributed by atoms with Crippen LogP contribution in [0.2, 0.25) is 10.0 Å². The highest BCUT2D eigenvalue weighted by atomic mass is 35.5. The Morgan fingerprint density at radius 3 is 2.59 bits per heavy atom. The van der Waals surface area contributed by atoms with Crippen molar-refractivity contribution in [1.82, 2.24) is 10.2 Å². The Balaban J connectivity index is 1.61. The minimum absolute atomic E-state index is 0.00695. The van der Waals surface area contributed by atoms with E-state index < -0.39 is 35.2 Å². The Morgan fingerprint density at radius 2 is 1.97 bits per heavy atom. The first-order chi connectivity index (χ1) is 15.1. The van der Waals surface area contributed by atoms with Gasteiger partial charge in [0.05, 0.1) is 10.8 Å². The minimum Gasteiger partial charge on any atom is -0.478 e. The summed E-state index contributed by atoms with van der Waals surface area (Å²) in [6, 6.07) is 2.18.